The summed E-state index contributed by atoms with van der Waals surface area (Å²) >= 11 is 31.4. The summed E-state index contributed by atoms with van der Waals surface area (Å²) < 4.78 is 20.3. The Morgan fingerprint density at radius 2 is 0.863 bits per heavy atom. The molecular formula is C89H70B2Br2N12O5S14. The number of rotatable bonds is 17. The third kappa shape index (κ3) is 27.4. The van der Waals surface area contributed by atoms with Crippen LogP contribution in [0.2, 0.25) is 0 Å². The highest BCUT2D eigenvalue weighted by Gasteiger charge is 2.33. The van der Waals surface area contributed by atoms with Crippen LogP contribution in [0.3, 0.4) is 0 Å². The second-order valence-corrected chi connectivity index (χ2v) is 43.9. The SMILES string of the molecule is C.CC(C)(O)C(C)(C)O.CC(C)(O)C(C)(C)O.COc1ccc(-c2ccc(Br)s2)s1.[B]c1ccc([B])c(N=S)c1N.[C-]#[N+]/C(=C\c1ccc(-c2ccc(-c3ccc(-c4ccc(-c5ccc(/C=C(\C#N)c6ccc([N+]#[C-])s6)s5)s4)c4nsnc34)s2)s1)c1ccc(C#N)s1.[C-]#[N+]c1ccc(/C(C#N)=C/c2ccc(-c3ccc(Br)s3)s2)s1.[C-]#[N+]c1ccc(CC#N)s1. The Balaban J connectivity index is 0.000000213. The Labute approximate surface area is 797 Å². The number of methoxy groups -OCH3 is 1. The molecule has 0 fully saturated rings. The topological polar surface area (TPSA) is 267 Å². The van der Waals surface area contributed by atoms with Gasteiger partial charge in [-0.2, -0.15) is 68.2 Å². The second-order valence-electron chi connectivity index (χ2n) is 27.4. The highest BCUT2D eigenvalue weighted by atomic mass is 79.9. The molecule has 17 nitrogen and oxygen atoms in total. The Morgan fingerprint density at radius 1 is 0.476 bits per heavy atom. The van der Waals surface area contributed by atoms with Crippen LogP contribution >= 0.6 is 180 Å². The van der Waals surface area contributed by atoms with E-state index in [1.54, 1.807) is 190 Å². The summed E-state index contributed by atoms with van der Waals surface area (Å²) in [6.07, 6.45) is 6.08. The molecule has 0 saturated carbocycles. The molecular weight excluding hydrogens is 1950 g/mol. The fourth-order valence-corrected chi connectivity index (χ4v) is 22.1. The van der Waals surface area contributed by atoms with E-state index in [0.717, 1.165) is 98.2 Å². The van der Waals surface area contributed by atoms with E-state index in [1.165, 1.54) is 76.6 Å². The molecule has 124 heavy (non-hydrogen) atoms. The molecule has 13 aromatic heterocycles. The molecule has 0 amide bonds. The van der Waals surface area contributed by atoms with Crippen molar-refractivity contribution in [3.63, 3.8) is 0 Å². The number of halogens is 2. The number of ether oxygens (including phenoxy) is 1. The van der Waals surface area contributed by atoms with Crippen LogP contribution in [0.25, 0.3) is 125 Å². The molecule has 13 heterocycles. The maximum absolute atomic E-state index is 9.76. The van der Waals surface area contributed by atoms with Gasteiger partial charge in [-0.1, -0.05) is 78.2 Å². The van der Waals surface area contributed by atoms with Crippen LogP contribution in [0.15, 0.2) is 182 Å². The number of nitrogens with zero attached hydrogens (tertiary/aromatic N) is 11. The zero-order chi connectivity index (χ0) is 89.5. The number of nitrogens with two attached hydrogens (primary N) is 1. The van der Waals surface area contributed by atoms with E-state index in [0.29, 0.717) is 65.4 Å². The average molecular weight is 2020 g/mol. The van der Waals surface area contributed by atoms with Crippen molar-refractivity contribution in [1.82, 2.24) is 8.75 Å². The number of nitrogen functional groups attached to an aromatic ring is 1. The lowest BCUT2D eigenvalue weighted by atomic mass is 9.86. The summed E-state index contributed by atoms with van der Waals surface area (Å²) in [5.74, 6) is 0. The van der Waals surface area contributed by atoms with Crippen molar-refractivity contribution < 1.29 is 25.2 Å². The largest absolute Gasteiger partial charge is 0.487 e. The summed E-state index contributed by atoms with van der Waals surface area (Å²) in [7, 11) is 12.7. The minimum atomic E-state index is -1.01. The molecule has 15 aromatic rings. The third-order valence-electron chi connectivity index (χ3n) is 17.4. The lowest BCUT2D eigenvalue weighted by Gasteiger charge is -2.31. The highest BCUT2D eigenvalue weighted by molar-refractivity contribution is 9.11. The van der Waals surface area contributed by atoms with Gasteiger partial charge in [-0.25, -0.2) is 19.4 Å². The number of aliphatic hydroxyl groups is 4. The first-order chi connectivity index (χ1) is 58.5. The first kappa shape index (κ1) is 99.8. The molecule has 0 saturated heterocycles. The van der Waals surface area contributed by atoms with Crippen LogP contribution in [0.5, 0.6) is 5.06 Å². The number of hydrogen-bond acceptors (Lipinski definition) is 27. The molecule has 0 aliphatic heterocycles. The Kier molecular flexibility index (Phi) is 37.0. The monoisotopic (exact) mass is 2010 g/mol. The van der Waals surface area contributed by atoms with Crippen LogP contribution in [-0.2, 0) is 18.8 Å². The predicted molar refractivity (Wildman–Crippen MR) is 542 cm³/mol. The quantitative estimate of drug-likeness (QED) is 0.0246. The zero-order valence-corrected chi connectivity index (χ0v) is 81.0. The van der Waals surface area contributed by atoms with Gasteiger partial charge in [0, 0.05) is 106 Å². The maximum Gasteiger partial charge on any atom is 0.241 e. The summed E-state index contributed by atoms with van der Waals surface area (Å²) in [5, 5.41) is 75.8. The lowest BCUT2D eigenvalue weighted by molar-refractivity contribution is -0.107. The van der Waals surface area contributed by atoms with Gasteiger partial charge in [-0.15, -0.1) is 90.7 Å². The van der Waals surface area contributed by atoms with E-state index in [2.05, 4.69) is 165 Å². The van der Waals surface area contributed by atoms with Crippen LogP contribution < -0.4 is 21.4 Å². The molecule has 620 valence electrons. The molecule has 2 aromatic carbocycles. The van der Waals surface area contributed by atoms with Gasteiger partial charge < -0.3 is 30.9 Å². The summed E-state index contributed by atoms with van der Waals surface area (Å²) in [4.78, 5) is 32.5. The second kappa shape index (κ2) is 46.0. The Morgan fingerprint density at radius 3 is 1.23 bits per heavy atom. The van der Waals surface area contributed by atoms with Crippen LogP contribution in [0, 0.1) is 71.6 Å². The molecule has 0 unspecified atom stereocenters. The molecule has 35 heteroatoms. The van der Waals surface area contributed by atoms with E-state index in [1.807, 2.05) is 78.9 Å². The van der Waals surface area contributed by atoms with Gasteiger partial charge in [0.1, 0.15) is 49.8 Å². The van der Waals surface area contributed by atoms with Crippen molar-refractivity contribution >= 4 is 291 Å². The normalized spacial score (nSPS) is 11.2. The predicted octanol–water partition coefficient (Wildman–Crippen LogP) is 28.1. The van der Waals surface area contributed by atoms with Crippen molar-refractivity contribution in [2.75, 3.05) is 12.8 Å². The minimum Gasteiger partial charge on any atom is -0.487 e. The standard InChI is InChI=1S/C38H16N6S7.C16H7BrN2S3.C9H7BrOS2.C7H4N2S.C6H4B2N2S.2C6H14O2.CH4/c1-41-27(31-8-5-24(20-40)47-31)18-23-4-10-33(46-23)35-14-12-30(49-35)26-7-6-25(37-38(26)44-51-43-37)29-11-13-34(48-29)32-9-3-22(45-32)17-21(19-39)28-15-16-36(42-2)50-28;1-19-16-7-5-12(22-16)10(9-18)8-11-2-3-13(20-11)14-4-6-15(17)21-14;1-11-9-5-3-7(13-9)6-2-4-8(10)12-6;1-9-7-3-2-6(10-7)4-5-8;7-3-1-2-4(8)6(10-11)5(3)9;2*1-5(2,7)6(3,4)8;/h3-18H;2-8H;2-5H,1H3;2-3H,4H2;1-2H,9H2;2*7-8H,1-4H3;1H4/b21-17+,27-18-;10-8+;;;;;;. The highest BCUT2D eigenvalue weighted by Crippen LogP contribution is 2.47. The van der Waals surface area contributed by atoms with Gasteiger partial charge in [0.25, 0.3) is 0 Å². The van der Waals surface area contributed by atoms with E-state index in [4.69, 9.17) is 92.1 Å². The molecule has 0 aliphatic carbocycles. The summed E-state index contributed by atoms with van der Waals surface area (Å²) in [6.45, 7) is 41.1. The number of nitriles is 4. The number of benzene rings is 2. The molecule has 0 aliphatic rings. The van der Waals surface area contributed by atoms with Crippen LogP contribution in [0.4, 0.5) is 26.4 Å². The fraction of sp³-hybridized carbons (Fsp3) is 0.169. The number of allylic oxidation sites excluding steroid dienone is 2. The van der Waals surface area contributed by atoms with Gasteiger partial charge in [0.2, 0.25) is 20.7 Å². The number of aromatic nitrogens is 2. The van der Waals surface area contributed by atoms with Gasteiger partial charge in [0.15, 0.2) is 5.06 Å². The molecule has 0 spiro atoms. The van der Waals surface area contributed by atoms with Gasteiger partial charge in [0.05, 0.1) is 110 Å². The smallest absolute Gasteiger partial charge is 0.241 e. The van der Waals surface area contributed by atoms with Crippen LogP contribution in [0.1, 0.15) is 102 Å². The first-order valence-electron chi connectivity index (χ1n) is 35.7. The first-order valence-corrected chi connectivity index (χ1v) is 48.2. The van der Waals surface area contributed by atoms with Crippen molar-refractivity contribution in [2.24, 2.45) is 4.36 Å². The number of hydrogen-bond donors (Lipinski definition) is 5. The number of fused-ring (bicyclic) bond motifs is 1. The van der Waals surface area contributed by atoms with Crippen molar-refractivity contribution in [2.45, 2.75) is 91.6 Å². The van der Waals surface area contributed by atoms with Gasteiger partial charge >= 0.3 is 0 Å². The molecule has 0 atom stereocenters. The van der Waals surface area contributed by atoms with Crippen molar-refractivity contribution in [3.05, 3.63) is 262 Å². The number of thiophene rings is 12. The van der Waals surface area contributed by atoms with Gasteiger partial charge in [-0.3, -0.25) is 0 Å². The molecule has 4 radical (unpaired) electrons. The van der Waals surface area contributed by atoms with Crippen LogP contribution in [-0.4, -0.2) is 74.4 Å². The minimum absolute atomic E-state index is 0. The molecule has 6 N–H and O–H groups in total. The Hall–Kier alpha value is -9.65. The third-order valence-corrected chi connectivity index (χ3v) is 32.6. The fourth-order valence-electron chi connectivity index (χ4n) is 9.48. The van der Waals surface area contributed by atoms with E-state index < -0.39 is 22.4 Å². The van der Waals surface area contributed by atoms with E-state index >= 15 is 0 Å². The molecule has 0 bridgehead atoms. The van der Waals surface area contributed by atoms with Crippen molar-refractivity contribution in [3.8, 4) is 89.2 Å². The lowest BCUT2D eigenvalue weighted by Crippen LogP contribution is -2.44. The average Bonchev–Trinajstić information content (AvgIpc) is 1.61. The Bertz CT molecular complexity index is 6440. The van der Waals surface area contributed by atoms with Gasteiger partial charge in [-0.05, 0) is 227 Å². The van der Waals surface area contributed by atoms with Crippen molar-refractivity contribution in [1.29, 1.82) is 21.0 Å². The maximum atomic E-state index is 9.76. The summed E-state index contributed by atoms with van der Waals surface area (Å²) in [5.41, 5.74) is 8.68. The zero-order valence-electron chi connectivity index (χ0n) is 66.4. The number of anilines is 1. The molecule has 15 rings (SSSR count). The van der Waals surface area contributed by atoms with E-state index in [-0.39, 0.29) is 7.43 Å². The van der Waals surface area contributed by atoms with E-state index in [9.17, 15) is 10.5 Å². The summed E-state index contributed by atoms with van der Waals surface area (Å²) in [6, 6.07) is 63.7.